The number of amides is 3. The molecule has 0 aliphatic rings. The highest BCUT2D eigenvalue weighted by atomic mass is 32.2. The predicted octanol–water partition coefficient (Wildman–Crippen LogP) is 6.31. The van der Waals surface area contributed by atoms with E-state index in [-0.39, 0.29) is 24.1 Å². The first-order valence-corrected chi connectivity index (χ1v) is 17.3. The minimum Gasteiger partial charge on any atom is -0.467 e. The van der Waals surface area contributed by atoms with Crippen LogP contribution in [0.5, 0.6) is 0 Å². The molecule has 9 heteroatoms. The average Bonchev–Trinajstić information content (AvgIpc) is 3.00. The van der Waals surface area contributed by atoms with E-state index in [9.17, 15) is 19.2 Å². The van der Waals surface area contributed by atoms with Crippen LogP contribution >= 0.6 is 11.8 Å². The van der Waals surface area contributed by atoms with Crippen LogP contribution < -0.4 is 16.0 Å². The van der Waals surface area contributed by atoms with Gasteiger partial charge >= 0.3 is 5.97 Å². The van der Waals surface area contributed by atoms with E-state index < -0.39 is 12.0 Å². The fraction of sp³-hybridized carbons (Fsp3) is 0.697. The van der Waals surface area contributed by atoms with Crippen molar-refractivity contribution >= 4 is 35.5 Å². The van der Waals surface area contributed by atoms with Crippen molar-refractivity contribution in [2.75, 3.05) is 25.7 Å². The molecular formula is C33H55N3O5S. The molecule has 0 aliphatic carbocycles. The second-order valence-electron chi connectivity index (χ2n) is 10.9. The van der Waals surface area contributed by atoms with Crippen LogP contribution in [0.15, 0.2) is 24.3 Å². The van der Waals surface area contributed by atoms with Crippen LogP contribution in [-0.2, 0) is 25.7 Å². The molecule has 0 radical (unpaired) electrons. The summed E-state index contributed by atoms with van der Waals surface area (Å²) < 4.78 is 4.79. The Labute approximate surface area is 258 Å². The lowest BCUT2D eigenvalue weighted by molar-refractivity contribution is -0.143. The number of carbonyl (C=O) groups excluding carboxylic acids is 4. The topological polar surface area (TPSA) is 114 Å². The Morgan fingerprint density at radius 1 is 0.762 bits per heavy atom. The van der Waals surface area contributed by atoms with Gasteiger partial charge < -0.3 is 20.7 Å². The summed E-state index contributed by atoms with van der Waals surface area (Å²) in [4.78, 5) is 48.7. The highest BCUT2D eigenvalue weighted by Crippen LogP contribution is 2.13. The van der Waals surface area contributed by atoms with Crippen molar-refractivity contribution in [2.24, 2.45) is 0 Å². The number of esters is 1. The molecule has 0 heterocycles. The van der Waals surface area contributed by atoms with Crippen LogP contribution in [0.4, 0.5) is 0 Å². The predicted molar refractivity (Wildman–Crippen MR) is 172 cm³/mol. The summed E-state index contributed by atoms with van der Waals surface area (Å²) >= 11 is 1.59. The Morgan fingerprint density at radius 3 is 1.86 bits per heavy atom. The first-order chi connectivity index (χ1) is 20.4. The zero-order valence-corrected chi connectivity index (χ0v) is 27.1. The molecule has 42 heavy (non-hydrogen) atoms. The van der Waals surface area contributed by atoms with Gasteiger partial charge in [-0.05, 0) is 42.5 Å². The largest absolute Gasteiger partial charge is 0.467 e. The number of unbranched alkanes of at least 4 members (excludes halogenated alkanes) is 12. The van der Waals surface area contributed by atoms with Crippen molar-refractivity contribution in [1.29, 1.82) is 0 Å². The zero-order valence-electron chi connectivity index (χ0n) is 26.3. The summed E-state index contributed by atoms with van der Waals surface area (Å²) in [5.41, 5.74) is 1.27. The lowest BCUT2D eigenvalue weighted by Crippen LogP contribution is -2.41. The van der Waals surface area contributed by atoms with Crippen molar-refractivity contribution in [3.05, 3.63) is 35.4 Å². The number of hydrogen-bond donors (Lipinski definition) is 3. The molecule has 0 saturated carbocycles. The van der Waals surface area contributed by atoms with E-state index in [4.69, 9.17) is 4.74 Å². The lowest BCUT2D eigenvalue weighted by atomic mass is 10.0. The minimum atomic E-state index is -0.691. The van der Waals surface area contributed by atoms with Crippen LogP contribution in [-0.4, -0.2) is 55.4 Å². The maximum absolute atomic E-state index is 12.5. The van der Waals surface area contributed by atoms with Crippen molar-refractivity contribution in [2.45, 2.75) is 122 Å². The molecule has 238 valence electrons. The van der Waals surface area contributed by atoms with E-state index in [0.717, 1.165) is 24.2 Å². The van der Waals surface area contributed by atoms with Gasteiger partial charge in [-0.15, -0.1) is 0 Å². The molecule has 0 aromatic heterocycles. The van der Waals surface area contributed by atoms with E-state index in [2.05, 4.69) is 22.9 Å². The number of rotatable bonds is 25. The van der Waals surface area contributed by atoms with Crippen LogP contribution in [0.2, 0.25) is 0 Å². The second kappa shape index (κ2) is 25.0. The summed E-state index contributed by atoms with van der Waals surface area (Å²) in [5.74, 6) is -0.235. The molecule has 0 spiro atoms. The Bertz CT molecular complexity index is 894. The van der Waals surface area contributed by atoms with E-state index in [1.165, 1.54) is 77.7 Å². The maximum atomic E-state index is 12.5. The number of carbonyl (C=O) groups is 4. The quantitative estimate of drug-likeness (QED) is 0.0889. The van der Waals surface area contributed by atoms with E-state index in [1.54, 1.807) is 36.0 Å². The highest BCUT2D eigenvalue weighted by molar-refractivity contribution is 7.98. The summed E-state index contributed by atoms with van der Waals surface area (Å²) in [6, 6.07) is 6.17. The summed E-state index contributed by atoms with van der Waals surface area (Å²) in [7, 11) is 1.30. The molecule has 0 aliphatic heterocycles. The second-order valence-corrected chi connectivity index (χ2v) is 11.9. The Balaban J connectivity index is 2.12. The molecular weight excluding hydrogens is 550 g/mol. The number of hydrogen-bond acceptors (Lipinski definition) is 6. The molecule has 0 bridgehead atoms. The van der Waals surface area contributed by atoms with Gasteiger partial charge in [0.25, 0.3) is 5.91 Å². The van der Waals surface area contributed by atoms with Gasteiger partial charge in [0, 0.05) is 31.5 Å². The smallest absolute Gasteiger partial charge is 0.328 e. The Kier molecular flexibility index (Phi) is 22.3. The first-order valence-electron chi connectivity index (χ1n) is 15.9. The van der Waals surface area contributed by atoms with Crippen molar-refractivity contribution < 1.29 is 23.9 Å². The van der Waals surface area contributed by atoms with Crippen LogP contribution in [0.25, 0.3) is 0 Å². The standard InChI is InChI=1S/C33H55N3O5S/c1-4-5-6-7-8-9-10-11-12-13-14-15-16-17-30(37)34-24-22-31(38)35-26-27-18-20-28(21-19-27)32(39)36-29(23-25-42-3)33(40)41-2/h18-21,29H,4-17,22-26H2,1-3H3,(H,34,37)(H,35,38)(H,36,39)/t29-/m0/s1. The average molecular weight is 606 g/mol. The fourth-order valence-corrected chi connectivity index (χ4v) is 5.11. The summed E-state index contributed by atoms with van der Waals surface area (Å²) in [6.07, 6.45) is 19.8. The van der Waals surface area contributed by atoms with E-state index in [1.807, 2.05) is 6.26 Å². The number of nitrogens with one attached hydrogen (secondary N) is 3. The van der Waals surface area contributed by atoms with Gasteiger partial charge in [0.2, 0.25) is 11.8 Å². The minimum absolute atomic E-state index is 0.00243. The van der Waals surface area contributed by atoms with Crippen LogP contribution in [0.3, 0.4) is 0 Å². The molecule has 0 saturated heterocycles. The molecule has 8 nitrogen and oxygen atoms in total. The van der Waals surface area contributed by atoms with Gasteiger partial charge in [0.05, 0.1) is 7.11 Å². The molecule has 0 fully saturated rings. The SMILES string of the molecule is CCCCCCCCCCCCCCCC(=O)NCCC(=O)NCc1ccc(C(=O)N[C@@H](CCSC)C(=O)OC)cc1. The molecule has 3 N–H and O–H groups in total. The third-order valence-corrected chi connectivity index (χ3v) is 7.93. The molecule has 3 amide bonds. The van der Waals surface area contributed by atoms with Crippen LogP contribution in [0, 0.1) is 0 Å². The van der Waals surface area contributed by atoms with E-state index >= 15 is 0 Å². The Morgan fingerprint density at radius 2 is 1.31 bits per heavy atom. The molecule has 1 aromatic rings. The molecule has 1 aromatic carbocycles. The summed E-state index contributed by atoms with van der Waals surface area (Å²) in [5, 5.41) is 8.40. The number of methoxy groups -OCH3 is 1. The van der Waals surface area contributed by atoms with Crippen LogP contribution in [0.1, 0.15) is 126 Å². The number of thioether (sulfide) groups is 1. The van der Waals surface area contributed by atoms with Crippen molar-refractivity contribution in [3.63, 3.8) is 0 Å². The van der Waals surface area contributed by atoms with Gasteiger partial charge in [-0.2, -0.15) is 11.8 Å². The first kappa shape index (κ1) is 37.5. The van der Waals surface area contributed by atoms with E-state index in [0.29, 0.717) is 31.5 Å². The molecule has 1 atom stereocenters. The lowest BCUT2D eigenvalue weighted by Gasteiger charge is -2.16. The van der Waals surface area contributed by atoms with Gasteiger partial charge in [-0.25, -0.2) is 4.79 Å². The third-order valence-electron chi connectivity index (χ3n) is 7.29. The fourth-order valence-electron chi connectivity index (χ4n) is 4.64. The Hall–Kier alpha value is -2.55. The van der Waals surface area contributed by atoms with Crippen molar-refractivity contribution in [1.82, 2.24) is 16.0 Å². The summed E-state index contributed by atoms with van der Waals surface area (Å²) in [6.45, 7) is 2.90. The molecule has 0 unspecified atom stereocenters. The number of ether oxygens (including phenoxy) is 1. The monoisotopic (exact) mass is 605 g/mol. The van der Waals surface area contributed by atoms with Crippen molar-refractivity contribution in [3.8, 4) is 0 Å². The third kappa shape index (κ3) is 18.8. The maximum Gasteiger partial charge on any atom is 0.328 e. The highest BCUT2D eigenvalue weighted by Gasteiger charge is 2.21. The normalized spacial score (nSPS) is 11.5. The molecule has 1 rings (SSSR count). The van der Waals surface area contributed by atoms with Gasteiger partial charge in [0.15, 0.2) is 0 Å². The van der Waals surface area contributed by atoms with Gasteiger partial charge in [0.1, 0.15) is 6.04 Å². The van der Waals surface area contributed by atoms with Gasteiger partial charge in [-0.1, -0.05) is 96.1 Å². The zero-order chi connectivity index (χ0) is 30.8. The van der Waals surface area contributed by atoms with Gasteiger partial charge in [-0.3, -0.25) is 14.4 Å². The number of benzene rings is 1.